The number of sulfonamides is 1. The Morgan fingerprint density at radius 3 is 2.32 bits per heavy atom. The van der Waals surface area contributed by atoms with Crippen LogP contribution in [0.25, 0.3) is 11.0 Å². The van der Waals surface area contributed by atoms with E-state index >= 15 is 0 Å². The number of fused-ring (bicyclic) bond motifs is 1. The molecule has 0 bridgehead atoms. The van der Waals surface area contributed by atoms with Gasteiger partial charge in [-0.2, -0.15) is 13.2 Å². The SMILES string of the molecule is O=C(Nc1ccc(Cl)cc1)c1cc2ccccc2o/c1=N/NS(=O)(=O)c1ccccc1. The van der Waals surface area contributed by atoms with Crippen molar-refractivity contribution in [2.45, 2.75) is 4.90 Å². The van der Waals surface area contributed by atoms with E-state index in [0.29, 0.717) is 21.7 Å². The predicted octanol–water partition coefficient (Wildman–Crippen LogP) is 4.13. The number of nitrogens with one attached hydrogen (secondary N) is 2. The molecule has 1 heterocycles. The molecule has 9 heteroatoms. The van der Waals surface area contributed by atoms with Gasteiger partial charge in [0.1, 0.15) is 11.1 Å². The third-order valence-corrected chi connectivity index (χ3v) is 5.80. The number of rotatable bonds is 5. The van der Waals surface area contributed by atoms with Crippen LogP contribution in [0.2, 0.25) is 5.02 Å². The van der Waals surface area contributed by atoms with Crippen molar-refractivity contribution < 1.29 is 17.6 Å². The molecule has 156 valence electrons. The van der Waals surface area contributed by atoms with Gasteiger partial charge < -0.3 is 9.73 Å². The molecule has 0 spiro atoms. The van der Waals surface area contributed by atoms with Crippen molar-refractivity contribution in [3.05, 3.63) is 101 Å². The zero-order chi connectivity index (χ0) is 21.8. The van der Waals surface area contributed by atoms with Gasteiger partial charge in [-0.3, -0.25) is 4.79 Å². The Labute approximate surface area is 183 Å². The minimum atomic E-state index is -3.94. The average molecular weight is 454 g/mol. The van der Waals surface area contributed by atoms with Crippen molar-refractivity contribution in [3.8, 4) is 0 Å². The lowest BCUT2D eigenvalue weighted by Crippen LogP contribution is -2.27. The van der Waals surface area contributed by atoms with Gasteiger partial charge in [-0.25, -0.2) is 0 Å². The number of para-hydroxylation sites is 1. The lowest BCUT2D eigenvalue weighted by Gasteiger charge is -2.08. The molecule has 3 aromatic carbocycles. The van der Waals surface area contributed by atoms with E-state index in [4.69, 9.17) is 16.0 Å². The molecule has 0 radical (unpaired) electrons. The summed E-state index contributed by atoms with van der Waals surface area (Å²) in [6, 6.07) is 22.9. The molecule has 0 aliphatic rings. The first-order valence-electron chi connectivity index (χ1n) is 9.13. The van der Waals surface area contributed by atoms with Crippen molar-refractivity contribution in [2.75, 3.05) is 5.32 Å². The maximum absolute atomic E-state index is 12.9. The maximum Gasteiger partial charge on any atom is 0.276 e. The van der Waals surface area contributed by atoms with Gasteiger partial charge in [0, 0.05) is 16.1 Å². The van der Waals surface area contributed by atoms with Gasteiger partial charge in [0.15, 0.2) is 0 Å². The smallest absolute Gasteiger partial charge is 0.276 e. The van der Waals surface area contributed by atoms with Crippen LogP contribution in [0.3, 0.4) is 0 Å². The zero-order valence-electron chi connectivity index (χ0n) is 15.9. The average Bonchev–Trinajstić information content (AvgIpc) is 2.79. The lowest BCUT2D eigenvalue weighted by atomic mass is 10.1. The van der Waals surface area contributed by atoms with Crippen LogP contribution in [0.5, 0.6) is 0 Å². The summed E-state index contributed by atoms with van der Waals surface area (Å²) in [7, 11) is -3.94. The van der Waals surface area contributed by atoms with Crippen molar-refractivity contribution >= 4 is 44.2 Å². The topological polar surface area (TPSA) is 101 Å². The Hall–Kier alpha value is -3.62. The van der Waals surface area contributed by atoms with Gasteiger partial charge >= 0.3 is 0 Å². The van der Waals surface area contributed by atoms with E-state index in [1.165, 1.54) is 12.1 Å². The lowest BCUT2D eigenvalue weighted by molar-refractivity contribution is 0.102. The fourth-order valence-electron chi connectivity index (χ4n) is 2.80. The summed E-state index contributed by atoms with van der Waals surface area (Å²) in [6.07, 6.45) is 0. The summed E-state index contributed by atoms with van der Waals surface area (Å²) >= 11 is 5.88. The van der Waals surface area contributed by atoms with Gasteiger partial charge in [0.2, 0.25) is 5.55 Å². The fourth-order valence-corrected chi connectivity index (χ4v) is 3.75. The number of hydrogen-bond donors (Lipinski definition) is 2. The number of halogens is 1. The van der Waals surface area contributed by atoms with E-state index in [2.05, 4.69) is 15.2 Å². The van der Waals surface area contributed by atoms with Crippen LogP contribution < -0.4 is 15.7 Å². The number of benzene rings is 3. The first-order chi connectivity index (χ1) is 14.9. The van der Waals surface area contributed by atoms with E-state index in [0.717, 1.165) is 0 Å². The van der Waals surface area contributed by atoms with Gasteiger partial charge in [-0.1, -0.05) is 48.0 Å². The second-order valence-electron chi connectivity index (χ2n) is 6.48. The summed E-state index contributed by atoms with van der Waals surface area (Å²) in [6.45, 7) is 0. The van der Waals surface area contributed by atoms with Crippen LogP contribution in [-0.4, -0.2) is 14.3 Å². The first-order valence-corrected chi connectivity index (χ1v) is 11.0. The van der Waals surface area contributed by atoms with Crippen molar-refractivity contribution in [3.63, 3.8) is 0 Å². The Morgan fingerprint density at radius 1 is 0.903 bits per heavy atom. The van der Waals surface area contributed by atoms with E-state index in [1.807, 2.05) is 0 Å². The second kappa shape index (κ2) is 8.63. The zero-order valence-corrected chi connectivity index (χ0v) is 17.5. The van der Waals surface area contributed by atoms with Gasteiger partial charge in [-0.15, -0.1) is 5.10 Å². The summed E-state index contributed by atoms with van der Waals surface area (Å²) in [4.78, 5) is 15.1. The largest absolute Gasteiger partial charge is 0.436 e. The van der Waals surface area contributed by atoms with Crippen LogP contribution in [0.1, 0.15) is 10.4 Å². The normalized spacial score (nSPS) is 12.0. The highest BCUT2D eigenvalue weighted by Crippen LogP contribution is 2.16. The molecule has 4 aromatic rings. The number of hydrogen-bond acceptors (Lipinski definition) is 5. The molecule has 0 atom stereocenters. The van der Waals surface area contributed by atoms with Crippen LogP contribution in [0, 0.1) is 0 Å². The minimum absolute atomic E-state index is 0.0340. The maximum atomic E-state index is 12.9. The molecule has 31 heavy (non-hydrogen) atoms. The summed E-state index contributed by atoms with van der Waals surface area (Å²) < 4.78 is 30.8. The van der Waals surface area contributed by atoms with Gasteiger partial charge in [0.05, 0.1) is 4.90 Å². The standard InChI is InChI=1S/C22H16ClN3O4S/c23-16-10-12-17(13-11-16)24-21(27)19-14-15-6-4-5-9-20(15)30-22(19)25-26-31(28,29)18-7-2-1-3-8-18/h1-14,26H,(H,24,27)/b25-22+. The molecule has 0 fully saturated rings. The molecule has 1 amide bonds. The van der Waals surface area contributed by atoms with Crippen molar-refractivity contribution in [2.24, 2.45) is 5.10 Å². The molecule has 0 saturated carbocycles. The Morgan fingerprint density at radius 2 is 1.58 bits per heavy atom. The summed E-state index contributed by atoms with van der Waals surface area (Å²) in [5, 5.41) is 7.81. The minimum Gasteiger partial charge on any atom is -0.436 e. The van der Waals surface area contributed by atoms with Crippen LogP contribution in [0.4, 0.5) is 5.69 Å². The highest BCUT2D eigenvalue weighted by molar-refractivity contribution is 7.89. The van der Waals surface area contributed by atoms with E-state index in [9.17, 15) is 13.2 Å². The number of nitrogens with zero attached hydrogens (tertiary/aromatic N) is 1. The molecule has 0 unspecified atom stereocenters. The first kappa shape index (κ1) is 20.6. The molecule has 0 aliphatic heterocycles. The van der Waals surface area contributed by atoms with Crippen molar-refractivity contribution in [1.82, 2.24) is 4.83 Å². The second-order valence-corrected chi connectivity index (χ2v) is 8.58. The summed E-state index contributed by atoms with van der Waals surface area (Å²) in [5.41, 5.74) is 0.843. The monoisotopic (exact) mass is 453 g/mol. The van der Waals surface area contributed by atoms with Crippen LogP contribution in [0.15, 0.2) is 99.3 Å². The fraction of sp³-hybridized carbons (Fsp3) is 0. The predicted molar refractivity (Wildman–Crippen MR) is 118 cm³/mol. The number of carbonyl (C=O) groups excluding carboxylic acids is 1. The molecular formula is C22H16ClN3O4S. The third-order valence-electron chi connectivity index (χ3n) is 4.32. The van der Waals surface area contributed by atoms with E-state index in [1.54, 1.807) is 72.8 Å². The highest BCUT2D eigenvalue weighted by Gasteiger charge is 2.16. The van der Waals surface area contributed by atoms with Gasteiger partial charge in [0.25, 0.3) is 15.9 Å². The molecule has 7 nitrogen and oxygen atoms in total. The van der Waals surface area contributed by atoms with Crippen LogP contribution in [-0.2, 0) is 10.0 Å². The van der Waals surface area contributed by atoms with Crippen LogP contribution >= 0.6 is 11.6 Å². The molecule has 0 saturated heterocycles. The molecule has 4 rings (SSSR count). The van der Waals surface area contributed by atoms with E-state index in [-0.39, 0.29) is 16.0 Å². The van der Waals surface area contributed by atoms with Gasteiger partial charge in [-0.05, 0) is 48.5 Å². The number of anilines is 1. The number of amides is 1. The molecular weight excluding hydrogens is 438 g/mol. The quantitative estimate of drug-likeness (QED) is 0.443. The van der Waals surface area contributed by atoms with E-state index < -0.39 is 15.9 Å². The molecule has 0 aliphatic carbocycles. The Balaban J connectivity index is 1.75. The third kappa shape index (κ3) is 4.76. The highest BCUT2D eigenvalue weighted by atomic mass is 35.5. The molecule has 2 N–H and O–H groups in total. The summed E-state index contributed by atoms with van der Waals surface area (Å²) in [5.74, 6) is -0.519. The Bertz CT molecular complexity index is 1420. The molecule has 1 aromatic heterocycles. The Kier molecular flexibility index (Phi) is 5.75. The number of carbonyl (C=O) groups is 1. The van der Waals surface area contributed by atoms with Crippen molar-refractivity contribution in [1.29, 1.82) is 0 Å².